The fourth-order valence-electron chi connectivity index (χ4n) is 6.80. The van der Waals surface area contributed by atoms with Crippen molar-refractivity contribution in [2.24, 2.45) is 34.3 Å². The van der Waals surface area contributed by atoms with Gasteiger partial charge in [0.1, 0.15) is 18.4 Å². The number of ketones is 2. The number of alkyl carbamates (subject to hydrolysis) is 1. The Morgan fingerprint density at radius 1 is 0.867 bits per heavy atom. The first-order valence-electron chi connectivity index (χ1n) is 20.9. The number of amides is 6. The Kier molecular flexibility index (Phi) is 20.2. The molecule has 0 aliphatic carbocycles. The van der Waals surface area contributed by atoms with Crippen LogP contribution in [0.25, 0.3) is 0 Å². The van der Waals surface area contributed by atoms with Crippen LogP contribution in [0, 0.1) is 28.6 Å². The molecule has 1 saturated heterocycles. The molecule has 6 N–H and O–H groups in total. The van der Waals surface area contributed by atoms with Crippen LogP contribution in [0.15, 0.2) is 24.3 Å². The van der Waals surface area contributed by atoms with E-state index in [1.807, 2.05) is 41.5 Å². The number of hydrogen-bond donors (Lipinski definition) is 5. The molecule has 14 nitrogen and oxygen atoms in total. The molecule has 0 bridgehead atoms. The van der Waals surface area contributed by atoms with E-state index in [9.17, 15) is 46.7 Å². The summed E-state index contributed by atoms with van der Waals surface area (Å²) >= 11 is 0. The molecule has 1 aliphatic heterocycles. The van der Waals surface area contributed by atoms with E-state index in [4.69, 9.17) is 10.5 Å². The van der Waals surface area contributed by atoms with Crippen LogP contribution in [0.3, 0.4) is 0 Å². The number of alkyl halides is 3. The van der Waals surface area contributed by atoms with Gasteiger partial charge in [0.05, 0.1) is 12.0 Å². The Hall–Kier alpha value is -4.54. The van der Waals surface area contributed by atoms with Gasteiger partial charge in [-0.2, -0.15) is 13.2 Å². The number of nitrogens with zero attached hydrogens (tertiary/aromatic N) is 1. The zero-order chi connectivity index (χ0) is 45.4. The van der Waals surface area contributed by atoms with Crippen molar-refractivity contribution in [3.05, 3.63) is 29.8 Å². The summed E-state index contributed by atoms with van der Waals surface area (Å²) in [6, 6.07) is 2.41. The maximum absolute atomic E-state index is 14.3. The molecular weight excluding hydrogens is 786 g/mol. The quantitative estimate of drug-likeness (QED) is 0.0547. The molecule has 0 saturated carbocycles. The highest BCUT2D eigenvalue weighted by Crippen LogP contribution is 2.35. The lowest BCUT2D eigenvalue weighted by Crippen LogP contribution is -2.52. The van der Waals surface area contributed by atoms with Crippen LogP contribution >= 0.6 is 0 Å². The van der Waals surface area contributed by atoms with E-state index >= 15 is 0 Å². The third-order valence-electron chi connectivity index (χ3n) is 10.6. The van der Waals surface area contributed by atoms with Crippen LogP contribution in [0.4, 0.5) is 28.4 Å². The maximum Gasteiger partial charge on any atom is 0.407 e. The summed E-state index contributed by atoms with van der Waals surface area (Å²) in [6.45, 7) is 14.9. The molecule has 1 fully saturated rings. The first-order valence-corrected chi connectivity index (χ1v) is 20.9. The Labute approximate surface area is 352 Å². The van der Waals surface area contributed by atoms with Gasteiger partial charge in [-0.1, -0.05) is 80.4 Å². The summed E-state index contributed by atoms with van der Waals surface area (Å²) < 4.78 is 48.3. The van der Waals surface area contributed by atoms with Crippen LogP contribution in [-0.2, 0) is 35.3 Å². The topological polar surface area (TPSA) is 206 Å². The number of carbonyl (C=O) groups excluding carboxylic acids is 7. The van der Waals surface area contributed by atoms with Gasteiger partial charge in [0.25, 0.3) is 0 Å². The molecule has 338 valence electrons. The van der Waals surface area contributed by atoms with E-state index in [2.05, 4.69) is 21.3 Å². The molecule has 17 heteroatoms. The zero-order valence-corrected chi connectivity index (χ0v) is 36.5. The van der Waals surface area contributed by atoms with Crippen LogP contribution < -0.4 is 27.0 Å². The first-order chi connectivity index (χ1) is 27.8. The lowest BCUT2D eigenvalue weighted by Gasteiger charge is -2.30. The smallest absolute Gasteiger partial charge is 0.407 e. The molecule has 2 rings (SSSR count). The van der Waals surface area contributed by atoms with Gasteiger partial charge in [0, 0.05) is 55.9 Å². The van der Waals surface area contributed by atoms with E-state index in [0.717, 1.165) is 0 Å². The van der Waals surface area contributed by atoms with Gasteiger partial charge in [-0.15, -0.1) is 0 Å². The number of nitrogens with two attached hydrogens (primary N) is 1. The van der Waals surface area contributed by atoms with Gasteiger partial charge in [0.2, 0.25) is 17.7 Å². The molecule has 4 unspecified atom stereocenters. The van der Waals surface area contributed by atoms with Crippen molar-refractivity contribution in [1.29, 1.82) is 0 Å². The van der Waals surface area contributed by atoms with Crippen LogP contribution in [-0.4, -0.2) is 84.2 Å². The van der Waals surface area contributed by atoms with E-state index in [1.165, 1.54) is 4.90 Å². The highest BCUT2D eigenvalue weighted by molar-refractivity contribution is 6.03. The number of halogens is 3. The predicted octanol–water partition coefficient (Wildman–Crippen LogP) is 6.80. The second kappa shape index (κ2) is 23.5. The molecule has 1 aliphatic rings. The number of ether oxygens (including phenoxy) is 1. The van der Waals surface area contributed by atoms with Crippen LogP contribution in [0.1, 0.15) is 125 Å². The van der Waals surface area contributed by atoms with Crippen molar-refractivity contribution in [2.75, 3.05) is 25.0 Å². The van der Waals surface area contributed by atoms with Crippen LogP contribution in [0.2, 0.25) is 0 Å². The molecule has 0 radical (unpaired) electrons. The minimum absolute atomic E-state index is 0.0633. The summed E-state index contributed by atoms with van der Waals surface area (Å²) in [5.41, 5.74) is 5.32. The molecule has 60 heavy (non-hydrogen) atoms. The lowest BCUT2D eigenvalue weighted by molar-refractivity contribution is -0.161. The molecule has 0 spiro atoms. The molecular formula is C43H67F3N6O8. The van der Waals surface area contributed by atoms with Gasteiger partial charge in [-0.25, -0.2) is 9.59 Å². The van der Waals surface area contributed by atoms with Gasteiger partial charge in [-0.05, 0) is 61.1 Å². The number of imide groups is 1. The fraction of sp³-hybridized carbons (Fsp3) is 0.698. The Bertz CT molecular complexity index is 1620. The summed E-state index contributed by atoms with van der Waals surface area (Å²) in [5, 5.41) is 10.3. The molecule has 1 heterocycles. The van der Waals surface area contributed by atoms with Gasteiger partial charge in [0.15, 0.2) is 5.78 Å². The number of hydrogen-bond acceptors (Lipinski definition) is 9. The lowest BCUT2D eigenvalue weighted by atomic mass is 9.80. The molecule has 1 aromatic rings. The number of urea groups is 1. The molecule has 6 amide bonds. The van der Waals surface area contributed by atoms with Gasteiger partial charge >= 0.3 is 18.3 Å². The van der Waals surface area contributed by atoms with E-state index in [0.29, 0.717) is 36.9 Å². The van der Waals surface area contributed by atoms with Crippen molar-refractivity contribution < 1.29 is 51.5 Å². The van der Waals surface area contributed by atoms with Gasteiger partial charge in [-0.3, -0.25) is 34.2 Å². The third kappa shape index (κ3) is 18.0. The van der Waals surface area contributed by atoms with Gasteiger partial charge < -0.3 is 26.4 Å². The number of rotatable bonds is 24. The average molecular weight is 853 g/mol. The van der Waals surface area contributed by atoms with Crippen molar-refractivity contribution in [1.82, 2.24) is 20.9 Å². The second-order valence-electron chi connectivity index (χ2n) is 18.1. The molecule has 1 aromatic carbocycles. The third-order valence-corrected chi connectivity index (χ3v) is 10.6. The van der Waals surface area contributed by atoms with E-state index < -0.39 is 65.2 Å². The zero-order valence-electron chi connectivity index (χ0n) is 36.5. The number of likely N-dealkylation sites (tertiary alicyclic amines) is 1. The van der Waals surface area contributed by atoms with Crippen molar-refractivity contribution in [3.8, 4) is 0 Å². The Balaban J connectivity index is 2.01. The highest BCUT2D eigenvalue weighted by Gasteiger charge is 2.45. The fourth-order valence-corrected chi connectivity index (χ4v) is 6.80. The summed E-state index contributed by atoms with van der Waals surface area (Å²) in [6.07, 6.45) is -3.91. The number of primary amides is 1. The summed E-state index contributed by atoms with van der Waals surface area (Å²) in [7, 11) is 0. The summed E-state index contributed by atoms with van der Waals surface area (Å²) in [4.78, 5) is 89.1. The standard InChI is InChI=1S/C43H67F3N6O8/c1-27(2)36(51-33(43(44,45)46)15-10-9-11-23-52-35(55)25-31(38(52)57)41(3,4)5)32(53)24-29(14-12-21-48-39(47)58)37(56)50-30-19-17-28(18-20-30)26-60-40(59)49-22-13-16-34(54)42(6,7)8/h17-20,27,29,31,33,36,51H,9-16,21-26H2,1-8H3,(H,49,59)(H,50,56)(H3,47,48,58). The second-order valence-corrected chi connectivity index (χ2v) is 18.1. The number of carbonyl (C=O) groups is 7. The normalized spacial score (nSPS) is 16.3. The largest absolute Gasteiger partial charge is 0.445 e. The van der Waals surface area contributed by atoms with Crippen molar-refractivity contribution in [2.45, 2.75) is 144 Å². The number of anilines is 1. The van der Waals surface area contributed by atoms with Crippen LogP contribution in [0.5, 0.6) is 0 Å². The monoisotopic (exact) mass is 852 g/mol. The Morgan fingerprint density at radius 3 is 2.05 bits per heavy atom. The average Bonchev–Trinajstić information content (AvgIpc) is 3.43. The summed E-state index contributed by atoms with van der Waals surface area (Å²) in [5.74, 6) is -3.50. The predicted molar refractivity (Wildman–Crippen MR) is 221 cm³/mol. The first kappa shape index (κ1) is 51.6. The minimum Gasteiger partial charge on any atom is -0.445 e. The maximum atomic E-state index is 14.3. The molecule has 0 aromatic heterocycles. The van der Waals surface area contributed by atoms with Crippen molar-refractivity contribution >= 4 is 47.1 Å². The van der Waals surface area contributed by atoms with E-state index in [1.54, 1.807) is 38.1 Å². The highest BCUT2D eigenvalue weighted by atomic mass is 19.4. The van der Waals surface area contributed by atoms with E-state index in [-0.39, 0.29) is 87.8 Å². The number of nitrogens with one attached hydrogen (secondary N) is 4. The minimum atomic E-state index is -4.68. The van der Waals surface area contributed by atoms with Crippen molar-refractivity contribution in [3.63, 3.8) is 0 Å². The number of unbranched alkanes of at least 4 members (excludes halogenated alkanes) is 2. The Morgan fingerprint density at radius 2 is 1.50 bits per heavy atom. The SMILES string of the molecule is CC(C)C(NC(CCCCCN1C(=O)CC(C(C)(C)C)C1=O)C(F)(F)F)C(=O)CC(CCCNC(N)=O)C(=O)Nc1ccc(COC(=O)NCCCC(=O)C(C)(C)C)cc1. The molecule has 4 atom stereocenters. The number of Topliss-reactive ketones (excluding diaryl/α,β-unsaturated/α-hetero) is 2. The number of benzene rings is 1.